The zero-order chi connectivity index (χ0) is 20.0. The summed E-state index contributed by atoms with van der Waals surface area (Å²) in [6, 6.07) is -0.732. The van der Waals surface area contributed by atoms with Crippen LogP contribution in [0, 0.1) is 0 Å². The first kappa shape index (κ1) is 20.3. The van der Waals surface area contributed by atoms with Gasteiger partial charge < -0.3 is 27.2 Å². The van der Waals surface area contributed by atoms with Gasteiger partial charge in [0.05, 0.1) is 6.54 Å². The molecular formula is C15H25N8O4+. The Morgan fingerprint density at radius 3 is 2.74 bits per heavy atom. The van der Waals surface area contributed by atoms with Crippen LogP contribution in [0.25, 0.3) is 11.0 Å². The van der Waals surface area contributed by atoms with Crippen molar-refractivity contribution in [3.05, 3.63) is 20.8 Å². The van der Waals surface area contributed by atoms with E-state index in [1.807, 2.05) is 0 Å². The summed E-state index contributed by atoms with van der Waals surface area (Å²) in [5, 5.41) is 14.9. The summed E-state index contributed by atoms with van der Waals surface area (Å²) in [5.41, 5.74) is 8.34. The number of carboxylic acids is 1. The first-order chi connectivity index (χ1) is 12.9. The number of aliphatic carboxylic acids is 1. The van der Waals surface area contributed by atoms with Crippen LogP contribution in [-0.2, 0) is 11.3 Å². The fraction of sp³-hybridized carbons (Fsp3) is 0.533. The van der Waals surface area contributed by atoms with Gasteiger partial charge in [0.15, 0.2) is 5.65 Å². The normalized spacial score (nSPS) is 12.2. The van der Waals surface area contributed by atoms with Gasteiger partial charge in [0.1, 0.15) is 17.2 Å². The molecule has 0 amide bonds. The molecule has 0 saturated carbocycles. The van der Waals surface area contributed by atoms with Crippen molar-refractivity contribution in [2.24, 2.45) is 0 Å². The van der Waals surface area contributed by atoms with E-state index in [-0.39, 0.29) is 35.9 Å². The number of quaternary nitrogens is 1. The summed E-state index contributed by atoms with van der Waals surface area (Å²) < 4.78 is 1.20. The SMILES string of the molecule is CNc1nc2c(c(N)nc(=O)n2CCNC(CCCC[NH3+])C(=O)O)c(=O)[nH]1. The average Bonchev–Trinajstić information content (AvgIpc) is 2.61. The molecule has 2 aromatic rings. The van der Waals surface area contributed by atoms with Gasteiger partial charge in [-0.2, -0.15) is 9.97 Å². The molecule has 148 valence electrons. The third-order valence-corrected chi connectivity index (χ3v) is 4.11. The van der Waals surface area contributed by atoms with Gasteiger partial charge in [-0.1, -0.05) is 0 Å². The van der Waals surface area contributed by atoms with Gasteiger partial charge >= 0.3 is 11.7 Å². The van der Waals surface area contributed by atoms with Crippen LogP contribution >= 0.6 is 0 Å². The fourth-order valence-electron chi connectivity index (χ4n) is 2.71. The number of nitrogen functional groups attached to an aromatic ring is 1. The molecule has 0 spiro atoms. The first-order valence-electron chi connectivity index (χ1n) is 8.62. The molecule has 0 aliphatic rings. The minimum atomic E-state index is -0.960. The van der Waals surface area contributed by atoms with Gasteiger partial charge in [0.2, 0.25) is 5.95 Å². The lowest BCUT2D eigenvalue weighted by Gasteiger charge is -2.15. The number of carbonyl (C=O) groups is 1. The number of nitrogens with zero attached hydrogens (tertiary/aromatic N) is 3. The Morgan fingerprint density at radius 1 is 1.37 bits per heavy atom. The second-order valence-corrected chi connectivity index (χ2v) is 5.99. The summed E-state index contributed by atoms with van der Waals surface area (Å²) in [6.45, 7) is 1.02. The van der Waals surface area contributed by atoms with E-state index in [1.54, 1.807) is 7.05 Å². The zero-order valence-corrected chi connectivity index (χ0v) is 15.1. The predicted octanol–water partition coefficient (Wildman–Crippen LogP) is -2.44. The number of hydrogen-bond acceptors (Lipinski definition) is 8. The number of nitrogens with one attached hydrogen (secondary N) is 3. The highest BCUT2D eigenvalue weighted by molar-refractivity contribution is 5.85. The molecule has 12 heteroatoms. The fourth-order valence-corrected chi connectivity index (χ4v) is 2.71. The maximum Gasteiger partial charge on any atom is 0.351 e. The number of carboxylic acid groups (broad SMARTS) is 1. The Morgan fingerprint density at radius 2 is 2.11 bits per heavy atom. The molecule has 9 N–H and O–H groups in total. The van der Waals surface area contributed by atoms with E-state index in [2.05, 4.69) is 31.3 Å². The number of rotatable bonds is 10. The number of aromatic nitrogens is 4. The van der Waals surface area contributed by atoms with Crippen molar-refractivity contribution in [1.29, 1.82) is 0 Å². The van der Waals surface area contributed by atoms with Crippen LogP contribution in [0.5, 0.6) is 0 Å². The standard InChI is InChI=1S/C15H24N8O4/c1-18-14-21-11-9(12(24)22-14)10(17)20-15(27)23(11)7-6-19-8(13(25)26)4-2-3-5-16/h8,19H,2-7,16H2,1H3,(H,25,26)(H2,17,20,27)(H2,18,21,22,24)/p+1. The number of nitrogens with two attached hydrogens (primary N) is 1. The number of anilines is 2. The van der Waals surface area contributed by atoms with E-state index in [1.165, 1.54) is 4.57 Å². The highest BCUT2D eigenvalue weighted by Gasteiger charge is 2.18. The van der Waals surface area contributed by atoms with Crippen LogP contribution in [0.2, 0.25) is 0 Å². The van der Waals surface area contributed by atoms with Gasteiger partial charge in [-0.15, -0.1) is 0 Å². The molecule has 2 aromatic heterocycles. The van der Waals surface area contributed by atoms with Crippen molar-refractivity contribution in [2.75, 3.05) is 31.2 Å². The number of unbranched alkanes of at least 4 members (excludes halogenated alkanes) is 1. The van der Waals surface area contributed by atoms with Crippen molar-refractivity contribution in [2.45, 2.75) is 31.8 Å². The van der Waals surface area contributed by atoms with Crippen molar-refractivity contribution < 1.29 is 15.6 Å². The lowest BCUT2D eigenvalue weighted by Crippen LogP contribution is -2.50. The Balaban J connectivity index is 2.25. The minimum Gasteiger partial charge on any atom is -0.480 e. The molecule has 0 aromatic carbocycles. The maximum atomic E-state index is 12.2. The summed E-state index contributed by atoms with van der Waals surface area (Å²) in [4.78, 5) is 46.1. The maximum absolute atomic E-state index is 12.2. The van der Waals surface area contributed by atoms with Crippen LogP contribution < -0.4 is 33.3 Å². The number of aromatic amines is 1. The molecular weight excluding hydrogens is 356 g/mol. The Bertz CT molecular complexity index is 922. The van der Waals surface area contributed by atoms with E-state index in [0.717, 1.165) is 19.4 Å². The van der Waals surface area contributed by atoms with Gasteiger partial charge in [0.25, 0.3) is 5.56 Å². The van der Waals surface area contributed by atoms with Crippen molar-refractivity contribution in [3.8, 4) is 0 Å². The lowest BCUT2D eigenvalue weighted by molar-refractivity contribution is -0.368. The second-order valence-electron chi connectivity index (χ2n) is 5.99. The van der Waals surface area contributed by atoms with E-state index < -0.39 is 23.3 Å². The number of fused-ring (bicyclic) bond motifs is 1. The van der Waals surface area contributed by atoms with E-state index >= 15 is 0 Å². The summed E-state index contributed by atoms with van der Waals surface area (Å²) >= 11 is 0. The number of hydrogen-bond donors (Lipinski definition) is 6. The van der Waals surface area contributed by atoms with Crippen molar-refractivity contribution in [1.82, 2.24) is 24.8 Å². The monoisotopic (exact) mass is 381 g/mol. The molecule has 2 heterocycles. The molecule has 1 atom stereocenters. The summed E-state index contributed by atoms with van der Waals surface area (Å²) in [7, 11) is 1.57. The molecule has 27 heavy (non-hydrogen) atoms. The highest BCUT2D eigenvalue weighted by atomic mass is 16.4. The van der Waals surface area contributed by atoms with Gasteiger partial charge in [-0.25, -0.2) is 4.79 Å². The molecule has 0 bridgehead atoms. The average molecular weight is 381 g/mol. The van der Waals surface area contributed by atoms with E-state index in [9.17, 15) is 19.5 Å². The predicted molar refractivity (Wildman–Crippen MR) is 99.4 cm³/mol. The molecule has 0 radical (unpaired) electrons. The lowest BCUT2D eigenvalue weighted by atomic mass is 10.1. The first-order valence-corrected chi connectivity index (χ1v) is 8.62. The smallest absolute Gasteiger partial charge is 0.351 e. The zero-order valence-electron chi connectivity index (χ0n) is 15.1. The van der Waals surface area contributed by atoms with Crippen LogP contribution in [0.15, 0.2) is 9.59 Å². The topological polar surface area (TPSA) is 196 Å². The molecule has 0 aliphatic heterocycles. The van der Waals surface area contributed by atoms with E-state index in [0.29, 0.717) is 6.42 Å². The van der Waals surface area contributed by atoms with E-state index in [4.69, 9.17) is 5.73 Å². The summed E-state index contributed by atoms with van der Waals surface area (Å²) in [6.07, 6.45) is 2.04. The molecule has 0 aliphatic carbocycles. The Kier molecular flexibility index (Phi) is 6.85. The molecule has 0 saturated heterocycles. The largest absolute Gasteiger partial charge is 0.480 e. The van der Waals surface area contributed by atoms with Crippen LogP contribution in [-0.4, -0.2) is 56.8 Å². The third kappa shape index (κ3) is 4.80. The summed E-state index contributed by atoms with van der Waals surface area (Å²) in [5.74, 6) is -0.985. The van der Waals surface area contributed by atoms with Crippen LogP contribution in [0.1, 0.15) is 19.3 Å². The molecule has 1 unspecified atom stereocenters. The third-order valence-electron chi connectivity index (χ3n) is 4.11. The Labute approximate surface area is 154 Å². The quantitative estimate of drug-likeness (QED) is 0.242. The molecule has 0 fully saturated rings. The van der Waals surface area contributed by atoms with Crippen LogP contribution in [0.4, 0.5) is 11.8 Å². The van der Waals surface area contributed by atoms with Crippen LogP contribution in [0.3, 0.4) is 0 Å². The minimum absolute atomic E-state index is 0.0128. The van der Waals surface area contributed by atoms with Gasteiger partial charge in [-0.3, -0.25) is 19.1 Å². The highest BCUT2D eigenvalue weighted by Crippen LogP contribution is 2.11. The van der Waals surface area contributed by atoms with Gasteiger partial charge in [0, 0.05) is 20.1 Å². The van der Waals surface area contributed by atoms with Crippen molar-refractivity contribution >= 4 is 28.8 Å². The Hall–Kier alpha value is -2.99. The van der Waals surface area contributed by atoms with Gasteiger partial charge in [-0.05, 0) is 19.3 Å². The molecule has 2 rings (SSSR count). The molecule has 12 nitrogen and oxygen atoms in total. The second kappa shape index (κ2) is 9.09. The number of H-pyrrole nitrogens is 1. The van der Waals surface area contributed by atoms with Crippen molar-refractivity contribution in [3.63, 3.8) is 0 Å².